The largest absolute Gasteiger partial charge is 0.357 e. The van der Waals surface area contributed by atoms with Gasteiger partial charge in [-0.1, -0.05) is 48.5 Å². The first-order valence-corrected chi connectivity index (χ1v) is 11.1. The molecule has 1 amide bonds. The maximum Gasteiger partial charge on any atom is 0.225 e. The highest BCUT2D eigenvalue weighted by atomic mass is 127. The van der Waals surface area contributed by atoms with Crippen molar-refractivity contribution < 1.29 is 4.79 Å². The van der Waals surface area contributed by atoms with E-state index in [-0.39, 0.29) is 47.4 Å². The fraction of sp³-hybridized carbons (Fsp3) is 0.440. The number of benzene rings is 2. The van der Waals surface area contributed by atoms with E-state index in [1.165, 1.54) is 11.1 Å². The number of guanidine groups is 1. The smallest absolute Gasteiger partial charge is 0.225 e. The topological polar surface area (TPSA) is 77.6 Å². The lowest BCUT2D eigenvalue weighted by atomic mass is 9.90. The molecule has 1 aliphatic rings. The molecule has 2 unspecified atom stereocenters. The van der Waals surface area contributed by atoms with Crippen LogP contribution < -0.4 is 21.3 Å². The molecule has 1 heterocycles. The lowest BCUT2D eigenvalue weighted by Crippen LogP contribution is -2.46. The highest BCUT2D eigenvalue weighted by Gasteiger charge is 2.25. The van der Waals surface area contributed by atoms with Crippen LogP contribution in [0.4, 0.5) is 5.69 Å². The average molecular weight is 550 g/mol. The molecular weight excluding hydrogens is 513 g/mol. The predicted octanol–water partition coefficient (Wildman–Crippen LogP) is 4.41. The van der Waals surface area contributed by atoms with Crippen LogP contribution >= 0.6 is 24.0 Å². The van der Waals surface area contributed by atoms with Crippen LogP contribution in [-0.2, 0) is 4.79 Å². The van der Waals surface area contributed by atoms with Crippen molar-refractivity contribution in [3.8, 4) is 0 Å². The molecule has 2 aromatic rings. The number of hydrogen-bond acceptors (Lipinski definition) is 3. The molecule has 6 nitrogen and oxygen atoms in total. The minimum atomic E-state index is -0.172. The van der Waals surface area contributed by atoms with Gasteiger partial charge in [-0.15, -0.1) is 24.0 Å². The first kappa shape index (κ1) is 26.1. The zero-order valence-electron chi connectivity index (χ0n) is 19.4. The summed E-state index contributed by atoms with van der Waals surface area (Å²) in [6.07, 6.45) is 0.477. The Morgan fingerprint density at radius 3 is 2.53 bits per heavy atom. The zero-order chi connectivity index (χ0) is 22.3. The number of rotatable bonds is 8. The molecular formula is C25H36IN5O. The van der Waals surface area contributed by atoms with Gasteiger partial charge in [-0.3, -0.25) is 9.79 Å². The van der Waals surface area contributed by atoms with E-state index >= 15 is 0 Å². The van der Waals surface area contributed by atoms with E-state index in [1.54, 1.807) is 0 Å². The molecule has 4 N–H and O–H groups in total. The van der Waals surface area contributed by atoms with Crippen LogP contribution in [0.15, 0.2) is 59.6 Å². The van der Waals surface area contributed by atoms with Crippen molar-refractivity contribution in [3.63, 3.8) is 0 Å². The Morgan fingerprint density at radius 2 is 1.81 bits per heavy atom. The number of hydrogen-bond donors (Lipinski definition) is 4. The first-order valence-electron chi connectivity index (χ1n) is 11.1. The van der Waals surface area contributed by atoms with E-state index in [4.69, 9.17) is 4.99 Å². The van der Waals surface area contributed by atoms with Crippen LogP contribution in [0.2, 0.25) is 0 Å². The second-order valence-electron chi connectivity index (χ2n) is 8.77. The maximum atomic E-state index is 12.1. The Hall–Kier alpha value is -2.13. The lowest BCUT2D eigenvalue weighted by molar-refractivity contribution is -0.116. The second kappa shape index (κ2) is 12.2. The Labute approximate surface area is 209 Å². The van der Waals surface area contributed by atoms with Crippen molar-refractivity contribution in [3.05, 3.63) is 65.7 Å². The number of nitrogens with one attached hydrogen (secondary N) is 4. The molecule has 0 aromatic heterocycles. The molecule has 1 aliphatic heterocycles. The van der Waals surface area contributed by atoms with Crippen molar-refractivity contribution in [1.82, 2.24) is 16.0 Å². The summed E-state index contributed by atoms with van der Waals surface area (Å²) in [6.45, 7) is 10.6. The number of aliphatic imine (C=N–C) groups is 1. The van der Waals surface area contributed by atoms with Crippen LogP contribution in [0, 0.1) is 0 Å². The SMILES string of the molecule is CCNC(=NCC(C)(C)NC(C)c1ccccc1)NCC1CC(=O)Nc2ccccc21.I. The van der Waals surface area contributed by atoms with Gasteiger partial charge in [-0.2, -0.15) is 0 Å². The van der Waals surface area contributed by atoms with Crippen molar-refractivity contribution in [2.45, 2.75) is 51.6 Å². The van der Waals surface area contributed by atoms with Gasteiger partial charge in [0.1, 0.15) is 0 Å². The molecule has 0 radical (unpaired) electrons. The van der Waals surface area contributed by atoms with Crippen LogP contribution in [0.1, 0.15) is 57.2 Å². The fourth-order valence-electron chi connectivity index (χ4n) is 3.98. The molecule has 2 atom stereocenters. The van der Waals surface area contributed by atoms with Gasteiger partial charge in [0.15, 0.2) is 5.96 Å². The molecule has 0 aliphatic carbocycles. The minimum Gasteiger partial charge on any atom is -0.357 e. The summed E-state index contributed by atoms with van der Waals surface area (Å²) in [4.78, 5) is 16.9. The van der Waals surface area contributed by atoms with Gasteiger partial charge in [-0.05, 0) is 44.9 Å². The number of carbonyl (C=O) groups is 1. The highest BCUT2D eigenvalue weighted by Crippen LogP contribution is 2.31. The van der Waals surface area contributed by atoms with Gasteiger partial charge in [-0.25, -0.2) is 0 Å². The molecule has 7 heteroatoms. The van der Waals surface area contributed by atoms with E-state index in [9.17, 15) is 4.79 Å². The summed E-state index contributed by atoms with van der Waals surface area (Å²) in [7, 11) is 0. The van der Waals surface area contributed by atoms with Gasteiger partial charge in [0.05, 0.1) is 6.54 Å². The summed E-state index contributed by atoms with van der Waals surface area (Å²) in [5, 5.41) is 13.4. The molecule has 0 fully saturated rings. The van der Waals surface area contributed by atoms with Gasteiger partial charge in [0.2, 0.25) is 5.91 Å². The third-order valence-corrected chi connectivity index (χ3v) is 5.51. The zero-order valence-corrected chi connectivity index (χ0v) is 21.8. The predicted molar refractivity (Wildman–Crippen MR) is 144 cm³/mol. The standard InChI is InChI=1S/C25H35N5O.HI/c1-5-26-24(27-16-20-15-23(31)29-22-14-10-9-13-21(20)22)28-17-25(3,4)30-18(2)19-11-7-6-8-12-19;/h6-14,18,20,30H,5,15-17H2,1-4H3,(H,29,31)(H2,26,27,28);1H. The molecule has 174 valence electrons. The quantitative estimate of drug-likeness (QED) is 0.224. The number of fused-ring (bicyclic) bond motifs is 1. The van der Waals surface area contributed by atoms with Crippen molar-refractivity contribution in [2.24, 2.45) is 4.99 Å². The molecule has 0 spiro atoms. The van der Waals surface area contributed by atoms with Gasteiger partial charge in [0, 0.05) is 42.7 Å². The number of halogens is 1. The number of amides is 1. The molecule has 0 bridgehead atoms. The average Bonchev–Trinajstić information content (AvgIpc) is 2.75. The minimum absolute atomic E-state index is 0. The summed E-state index contributed by atoms with van der Waals surface area (Å²) >= 11 is 0. The molecule has 32 heavy (non-hydrogen) atoms. The molecule has 2 aromatic carbocycles. The van der Waals surface area contributed by atoms with Gasteiger partial charge in [0.25, 0.3) is 0 Å². The Morgan fingerprint density at radius 1 is 1.12 bits per heavy atom. The second-order valence-corrected chi connectivity index (χ2v) is 8.77. The number of para-hydroxylation sites is 1. The van der Waals surface area contributed by atoms with Crippen LogP contribution in [0.3, 0.4) is 0 Å². The monoisotopic (exact) mass is 549 g/mol. The normalized spacial score (nSPS) is 16.9. The summed E-state index contributed by atoms with van der Waals surface area (Å²) in [5.41, 5.74) is 3.17. The Kier molecular flexibility index (Phi) is 9.96. The molecule has 3 rings (SSSR count). The van der Waals surface area contributed by atoms with E-state index in [0.29, 0.717) is 19.5 Å². The Balaban J connectivity index is 0.00000363. The van der Waals surface area contributed by atoms with E-state index in [0.717, 1.165) is 18.2 Å². The van der Waals surface area contributed by atoms with Gasteiger partial charge < -0.3 is 21.3 Å². The van der Waals surface area contributed by atoms with E-state index < -0.39 is 0 Å². The highest BCUT2D eigenvalue weighted by molar-refractivity contribution is 14.0. The number of anilines is 1. The van der Waals surface area contributed by atoms with Crippen molar-refractivity contribution in [2.75, 3.05) is 25.0 Å². The summed E-state index contributed by atoms with van der Waals surface area (Å²) < 4.78 is 0. The van der Waals surface area contributed by atoms with Crippen molar-refractivity contribution >= 4 is 41.5 Å². The third-order valence-electron chi connectivity index (χ3n) is 5.51. The fourth-order valence-corrected chi connectivity index (χ4v) is 3.98. The van der Waals surface area contributed by atoms with Gasteiger partial charge >= 0.3 is 0 Å². The summed E-state index contributed by atoms with van der Waals surface area (Å²) in [6, 6.07) is 18.7. The first-order chi connectivity index (χ1) is 14.9. The maximum absolute atomic E-state index is 12.1. The van der Waals surface area contributed by atoms with E-state index in [1.807, 2.05) is 24.3 Å². The molecule has 0 saturated heterocycles. The van der Waals surface area contributed by atoms with E-state index in [2.05, 4.69) is 79.3 Å². The van der Waals surface area contributed by atoms with Crippen LogP contribution in [0.5, 0.6) is 0 Å². The number of nitrogens with zero attached hydrogens (tertiary/aromatic N) is 1. The van der Waals surface area contributed by atoms with Crippen LogP contribution in [-0.4, -0.2) is 37.0 Å². The summed E-state index contributed by atoms with van der Waals surface area (Å²) in [5.74, 6) is 0.957. The number of carbonyl (C=O) groups excluding carboxylic acids is 1. The van der Waals surface area contributed by atoms with Crippen molar-refractivity contribution in [1.29, 1.82) is 0 Å². The van der Waals surface area contributed by atoms with Crippen LogP contribution in [0.25, 0.3) is 0 Å². The Bertz CT molecular complexity index is 900. The molecule has 0 saturated carbocycles. The third kappa shape index (κ3) is 7.48. The lowest BCUT2D eigenvalue weighted by Gasteiger charge is -2.30.